The molecular formula is C22H16ClN3O. The van der Waals surface area contributed by atoms with Crippen LogP contribution in [0.15, 0.2) is 71.5 Å². The Labute approximate surface area is 161 Å². The first kappa shape index (κ1) is 17.2. The number of benzene rings is 2. The summed E-state index contributed by atoms with van der Waals surface area (Å²) in [5.41, 5.74) is 2.79. The zero-order chi connectivity index (χ0) is 18.8. The second kappa shape index (κ2) is 7.17. The Morgan fingerprint density at radius 3 is 2.48 bits per heavy atom. The van der Waals surface area contributed by atoms with Gasteiger partial charge < -0.3 is 0 Å². The lowest BCUT2D eigenvalue weighted by Gasteiger charge is -2.12. The Bertz CT molecular complexity index is 1230. The molecule has 0 saturated heterocycles. The zero-order valence-corrected chi connectivity index (χ0v) is 15.4. The lowest BCUT2D eigenvalue weighted by Crippen LogP contribution is -2.22. The Morgan fingerprint density at radius 2 is 1.67 bits per heavy atom. The number of pyridine rings is 1. The molecule has 0 spiro atoms. The molecule has 0 amide bonds. The summed E-state index contributed by atoms with van der Waals surface area (Å²) in [6.07, 6.45) is 3.63. The van der Waals surface area contributed by atoms with Crippen molar-refractivity contribution in [2.45, 2.75) is 6.92 Å². The molecule has 0 N–H and O–H groups in total. The van der Waals surface area contributed by atoms with E-state index in [9.17, 15) is 4.79 Å². The summed E-state index contributed by atoms with van der Waals surface area (Å²) >= 11 is 6.37. The average Bonchev–Trinajstić information content (AvgIpc) is 2.68. The fourth-order valence-electron chi connectivity index (χ4n) is 2.94. The maximum Gasteiger partial charge on any atom is 0.266 e. The summed E-state index contributed by atoms with van der Waals surface area (Å²) in [5, 5.41) is 1.03. The number of hydrogen-bond acceptors (Lipinski definition) is 3. The van der Waals surface area contributed by atoms with E-state index in [0.29, 0.717) is 27.4 Å². The van der Waals surface area contributed by atoms with Crippen molar-refractivity contribution >= 4 is 34.7 Å². The van der Waals surface area contributed by atoms with Gasteiger partial charge in [0.25, 0.3) is 5.56 Å². The minimum absolute atomic E-state index is 0.162. The minimum Gasteiger partial charge on any atom is -0.268 e. The number of rotatable bonds is 3. The highest BCUT2D eigenvalue weighted by Gasteiger charge is 2.13. The summed E-state index contributed by atoms with van der Waals surface area (Å²) in [4.78, 5) is 22.3. The van der Waals surface area contributed by atoms with Gasteiger partial charge in [-0.15, -0.1) is 0 Å². The topological polar surface area (TPSA) is 47.8 Å². The van der Waals surface area contributed by atoms with Crippen molar-refractivity contribution in [3.63, 3.8) is 0 Å². The first-order valence-corrected chi connectivity index (χ1v) is 8.90. The van der Waals surface area contributed by atoms with Crippen LogP contribution < -0.4 is 5.56 Å². The smallest absolute Gasteiger partial charge is 0.266 e. The van der Waals surface area contributed by atoms with Crippen LogP contribution in [-0.2, 0) is 0 Å². The molecule has 0 aliphatic heterocycles. The van der Waals surface area contributed by atoms with Gasteiger partial charge in [0.15, 0.2) is 0 Å². The van der Waals surface area contributed by atoms with Crippen LogP contribution in [0.5, 0.6) is 0 Å². The van der Waals surface area contributed by atoms with Crippen molar-refractivity contribution in [2.75, 3.05) is 0 Å². The molecule has 0 atom stereocenters. The van der Waals surface area contributed by atoms with Crippen molar-refractivity contribution in [2.24, 2.45) is 0 Å². The molecule has 4 rings (SSSR count). The van der Waals surface area contributed by atoms with Crippen molar-refractivity contribution in [3.8, 4) is 5.69 Å². The maximum atomic E-state index is 13.2. The van der Waals surface area contributed by atoms with Gasteiger partial charge in [-0.25, -0.2) is 4.98 Å². The predicted molar refractivity (Wildman–Crippen MR) is 110 cm³/mol. The first-order chi connectivity index (χ1) is 13.1. The van der Waals surface area contributed by atoms with E-state index in [0.717, 1.165) is 11.4 Å². The van der Waals surface area contributed by atoms with Crippen LogP contribution >= 0.6 is 11.6 Å². The Kier molecular flexibility index (Phi) is 4.57. The van der Waals surface area contributed by atoms with Gasteiger partial charge in [0.1, 0.15) is 5.82 Å². The minimum atomic E-state index is -0.162. The largest absolute Gasteiger partial charge is 0.268 e. The lowest BCUT2D eigenvalue weighted by atomic mass is 10.2. The van der Waals surface area contributed by atoms with Gasteiger partial charge in [0.2, 0.25) is 0 Å². The van der Waals surface area contributed by atoms with Crippen molar-refractivity contribution in [1.82, 2.24) is 14.5 Å². The molecule has 0 aliphatic rings. The van der Waals surface area contributed by atoms with Crippen molar-refractivity contribution in [3.05, 3.63) is 99.3 Å². The number of para-hydroxylation sites is 2. The normalized spacial score (nSPS) is 11.3. The van der Waals surface area contributed by atoms with E-state index in [1.54, 1.807) is 18.2 Å². The van der Waals surface area contributed by atoms with Gasteiger partial charge in [-0.05, 0) is 55.5 Å². The molecule has 4 nitrogen and oxygen atoms in total. The number of halogens is 1. The fraction of sp³-hybridized carbons (Fsp3) is 0.0455. The second-order valence-electron chi connectivity index (χ2n) is 6.12. The zero-order valence-electron chi connectivity index (χ0n) is 14.6. The number of fused-ring (bicyclic) bond motifs is 1. The SMILES string of the molecule is Cc1cccc(C=Cc2nc3ccccc3c(=O)n2-c2ccccc2Cl)n1. The number of hydrogen-bond donors (Lipinski definition) is 0. The molecule has 132 valence electrons. The fourth-order valence-corrected chi connectivity index (χ4v) is 3.16. The molecule has 27 heavy (non-hydrogen) atoms. The molecule has 0 saturated carbocycles. The number of aryl methyl sites for hydroxylation is 1. The first-order valence-electron chi connectivity index (χ1n) is 8.52. The molecule has 2 aromatic heterocycles. The third-order valence-corrected chi connectivity index (χ3v) is 4.53. The van der Waals surface area contributed by atoms with Crippen LogP contribution in [0.2, 0.25) is 5.02 Å². The van der Waals surface area contributed by atoms with E-state index in [4.69, 9.17) is 11.6 Å². The van der Waals surface area contributed by atoms with E-state index < -0.39 is 0 Å². The van der Waals surface area contributed by atoms with E-state index in [1.807, 2.05) is 67.6 Å². The van der Waals surface area contributed by atoms with E-state index >= 15 is 0 Å². The molecule has 2 heterocycles. The molecule has 2 aromatic carbocycles. The van der Waals surface area contributed by atoms with Gasteiger partial charge >= 0.3 is 0 Å². The highest BCUT2D eigenvalue weighted by atomic mass is 35.5. The standard InChI is InChI=1S/C22H16ClN3O/c1-15-7-6-8-16(24-15)13-14-21-25-19-11-4-2-9-17(19)22(27)26(21)20-12-5-3-10-18(20)23/h2-14H,1H3. The number of nitrogens with zero attached hydrogens (tertiary/aromatic N) is 3. The molecule has 0 radical (unpaired) electrons. The molecule has 0 fully saturated rings. The van der Waals surface area contributed by atoms with Gasteiger partial charge in [0, 0.05) is 5.69 Å². The van der Waals surface area contributed by atoms with Crippen LogP contribution in [-0.4, -0.2) is 14.5 Å². The van der Waals surface area contributed by atoms with Gasteiger partial charge in [-0.3, -0.25) is 14.3 Å². The summed E-state index contributed by atoms with van der Waals surface area (Å²) in [6.45, 7) is 1.94. The van der Waals surface area contributed by atoms with Crippen molar-refractivity contribution < 1.29 is 0 Å². The monoisotopic (exact) mass is 373 g/mol. The molecule has 5 heteroatoms. The molecule has 0 bridgehead atoms. The summed E-state index contributed by atoms with van der Waals surface area (Å²) in [6, 6.07) is 20.3. The lowest BCUT2D eigenvalue weighted by molar-refractivity contribution is 0.944. The number of aromatic nitrogens is 3. The Hall–Kier alpha value is -3.24. The quantitative estimate of drug-likeness (QED) is 0.512. The highest BCUT2D eigenvalue weighted by molar-refractivity contribution is 6.32. The average molecular weight is 374 g/mol. The van der Waals surface area contributed by atoms with Crippen LogP contribution in [0.3, 0.4) is 0 Å². The molecular weight excluding hydrogens is 358 g/mol. The summed E-state index contributed by atoms with van der Waals surface area (Å²) in [7, 11) is 0. The molecule has 4 aromatic rings. The Morgan fingerprint density at radius 1 is 0.889 bits per heavy atom. The van der Waals surface area contributed by atoms with Gasteiger partial charge in [-0.1, -0.05) is 41.9 Å². The van der Waals surface area contributed by atoms with Crippen LogP contribution in [0, 0.1) is 6.92 Å². The predicted octanol–water partition coefficient (Wildman–Crippen LogP) is 4.91. The van der Waals surface area contributed by atoms with Crippen molar-refractivity contribution in [1.29, 1.82) is 0 Å². The molecule has 0 unspecified atom stereocenters. The summed E-state index contributed by atoms with van der Waals surface area (Å²) < 4.78 is 1.54. The highest BCUT2D eigenvalue weighted by Crippen LogP contribution is 2.21. The molecule has 0 aliphatic carbocycles. The van der Waals surface area contributed by atoms with E-state index in [2.05, 4.69) is 9.97 Å². The van der Waals surface area contributed by atoms with Crippen LogP contribution in [0.25, 0.3) is 28.7 Å². The van der Waals surface area contributed by atoms with Crippen LogP contribution in [0.4, 0.5) is 0 Å². The van der Waals surface area contributed by atoms with E-state index in [1.165, 1.54) is 4.57 Å². The van der Waals surface area contributed by atoms with Gasteiger partial charge in [0.05, 0.1) is 27.3 Å². The second-order valence-corrected chi connectivity index (χ2v) is 6.52. The van der Waals surface area contributed by atoms with Gasteiger partial charge in [-0.2, -0.15) is 0 Å². The van der Waals surface area contributed by atoms with Crippen LogP contribution in [0.1, 0.15) is 17.2 Å². The maximum absolute atomic E-state index is 13.2. The third kappa shape index (κ3) is 3.39. The summed E-state index contributed by atoms with van der Waals surface area (Å²) in [5.74, 6) is 0.495. The third-order valence-electron chi connectivity index (χ3n) is 4.21. The van der Waals surface area contributed by atoms with E-state index in [-0.39, 0.29) is 5.56 Å². The Balaban J connectivity index is 1.97.